The van der Waals surface area contributed by atoms with E-state index in [0.717, 1.165) is 0 Å². The predicted molar refractivity (Wildman–Crippen MR) is 29.9 cm³/mol. The Hall–Kier alpha value is 0.0200. The molecule has 0 aromatic carbocycles. The Kier molecular flexibility index (Phi) is 6.04. The maximum Gasteiger partial charge on any atom is 0.152 e. The first-order chi connectivity index (χ1) is 3.41. The van der Waals surface area contributed by atoms with Crippen LogP contribution in [0.1, 0.15) is 6.42 Å². The first-order valence-electron chi connectivity index (χ1n) is 1.91. The molecule has 2 N–H and O–H groups in total. The molecule has 0 saturated heterocycles. The molecule has 0 aromatic heterocycles. The first-order valence-corrected chi connectivity index (χ1v) is 2.77. The van der Waals surface area contributed by atoms with E-state index in [4.69, 9.17) is 10.3 Å². The Labute approximate surface area is 44.2 Å². The van der Waals surface area contributed by atoms with Gasteiger partial charge >= 0.3 is 0 Å². The van der Waals surface area contributed by atoms with Crippen LogP contribution in [0.3, 0.4) is 0 Å². The van der Waals surface area contributed by atoms with Gasteiger partial charge in [0.25, 0.3) is 0 Å². The van der Waals surface area contributed by atoms with Crippen LogP contribution in [0.5, 0.6) is 0 Å². The molecule has 0 aliphatic carbocycles. The zero-order chi connectivity index (χ0) is 5.54. The maximum atomic E-state index is 8.02. The molecule has 0 bridgehead atoms. The fourth-order valence-corrected chi connectivity index (χ4v) is 0.373. The molecule has 0 aliphatic rings. The number of rotatable bonds is 4. The Morgan fingerprint density at radius 1 is 1.86 bits per heavy atom. The molecule has 0 aliphatic heterocycles. The molecule has 0 aromatic rings. The lowest BCUT2D eigenvalue weighted by atomic mass is 10.5. The van der Waals surface area contributed by atoms with Gasteiger partial charge < -0.3 is 14.8 Å². The van der Waals surface area contributed by atoms with Crippen LogP contribution in [0, 0.1) is 5.41 Å². The topological polar surface area (TPSA) is 53.3 Å². The SMILES string of the molecule is N=CCCOPO. The largest absolute Gasteiger partial charge is 0.352 e. The summed E-state index contributed by atoms with van der Waals surface area (Å²) in [6.07, 6.45) is 1.84. The lowest BCUT2D eigenvalue weighted by Gasteiger charge is -1.90. The molecule has 3 nitrogen and oxygen atoms in total. The molecule has 1 unspecified atom stereocenters. The van der Waals surface area contributed by atoms with Gasteiger partial charge in [-0.25, -0.2) is 0 Å². The third-order valence-corrected chi connectivity index (χ3v) is 0.762. The minimum absolute atomic E-state index is 0.436. The smallest absolute Gasteiger partial charge is 0.152 e. The zero-order valence-electron chi connectivity index (χ0n) is 3.85. The van der Waals surface area contributed by atoms with E-state index in [1.807, 2.05) is 0 Å². The second-order valence-corrected chi connectivity index (χ2v) is 1.40. The molecule has 0 amide bonds. The Bertz CT molecular complexity index is 50.2. The van der Waals surface area contributed by atoms with E-state index in [1.165, 1.54) is 6.21 Å². The number of nitrogens with one attached hydrogen (secondary N) is 1. The number of hydrogen-bond donors (Lipinski definition) is 2. The molecule has 42 valence electrons. The van der Waals surface area contributed by atoms with Crippen molar-refractivity contribution in [1.29, 1.82) is 5.41 Å². The van der Waals surface area contributed by atoms with Crippen LogP contribution in [0.2, 0.25) is 0 Å². The molecule has 0 rings (SSSR count). The molecule has 0 fully saturated rings. The van der Waals surface area contributed by atoms with Gasteiger partial charge in [-0.05, 0) is 6.21 Å². The molecule has 0 saturated carbocycles. The van der Waals surface area contributed by atoms with Crippen molar-refractivity contribution in [2.75, 3.05) is 6.61 Å². The van der Waals surface area contributed by atoms with Crippen molar-refractivity contribution >= 4 is 15.2 Å². The van der Waals surface area contributed by atoms with Crippen LogP contribution in [0.15, 0.2) is 0 Å². The van der Waals surface area contributed by atoms with Gasteiger partial charge in [-0.15, -0.1) is 0 Å². The molecule has 0 spiro atoms. The second-order valence-electron chi connectivity index (χ2n) is 0.933. The third-order valence-electron chi connectivity index (χ3n) is 0.429. The van der Waals surface area contributed by atoms with E-state index in [-0.39, 0.29) is 0 Å². The van der Waals surface area contributed by atoms with Crippen LogP contribution >= 0.6 is 9.03 Å². The van der Waals surface area contributed by atoms with Crippen molar-refractivity contribution in [2.45, 2.75) is 6.42 Å². The lowest BCUT2D eigenvalue weighted by molar-refractivity contribution is 0.338. The third kappa shape index (κ3) is 6.02. The summed E-state index contributed by atoms with van der Waals surface area (Å²) >= 11 is 0. The van der Waals surface area contributed by atoms with Gasteiger partial charge in [-0.1, -0.05) is 0 Å². The molecule has 0 radical (unpaired) electrons. The van der Waals surface area contributed by atoms with Crippen molar-refractivity contribution in [3.8, 4) is 0 Å². The molecule has 4 heteroatoms. The molecular formula is C3H8NO2P. The summed E-state index contributed by atoms with van der Waals surface area (Å²) in [4.78, 5) is 8.02. The Balaban J connectivity index is 2.56. The summed E-state index contributed by atoms with van der Waals surface area (Å²) in [6.45, 7) is 0.457. The van der Waals surface area contributed by atoms with Crippen molar-refractivity contribution in [3.63, 3.8) is 0 Å². The van der Waals surface area contributed by atoms with E-state index in [2.05, 4.69) is 4.52 Å². The van der Waals surface area contributed by atoms with E-state index >= 15 is 0 Å². The minimum Gasteiger partial charge on any atom is -0.352 e. The fraction of sp³-hybridized carbons (Fsp3) is 0.667. The summed E-state index contributed by atoms with van der Waals surface area (Å²) in [7, 11) is -0.436. The van der Waals surface area contributed by atoms with Crippen LogP contribution in [-0.4, -0.2) is 17.7 Å². The van der Waals surface area contributed by atoms with Crippen LogP contribution in [0.25, 0.3) is 0 Å². The van der Waals surface area contributed by atoms with Crippen molar-refractivity contribution in [3.05, 3.63) is 0 Å². The first kappa shape index (κ1) is 7.02. The maximum absolute atomic E-state index is 8.02. The monoisotopic (exact) mass is 121 g/mol. The predicted octanol–water partition coefficient (Wildman–Crippen LogP) is 0.543. The molecule has 0 heterocycles. The lowest BCUT2D eigenvalue weighted by Crippen LogP contribution is -1.83. The highest BCUT2D eigenvalue weighted by atomic mass is 31.1. The fourth-order valence-electron chi connectivity index (χ4n) is 0.163. The van der Waals surface area contributed by atoms with Gasteiger partial charge in [0.1, 0.15) is 0 Å². The summed E-state index contributed by atoms with van der Waals surface area (Å²) < 4.78 is 4.51. The standard InChI is InChI=1S/C3H8NO2P/c4-2-1-3-6-7-5/h2,4-5,7H,1,3H2. The Morgan fingerprint density at radius 2 is 2.57 bits per heavy atom. The summed E-state index contributed by atoms with van der Waals surface area (Å²) in [5.41, 5.74) is 0. The van der Waals surface area contributed by atoms with Crippen LogP contribution in [0.4, 0.5) is 0 Å². The molecule has 7 heavy (non-hydrogen) atoms. The van der Waals surface area contributed by atoms with E-state index in [1.54, 1.807) is 0 Å². The van der Waals surface area contributed by atoms with Crippen molar-refractivity contribution in [2.24, 2.45) is 0 Å². The summed E-state index contributed by atoms with van der Waals surface area (Å²) in [5.74, 6) is 0. The highest BCUT2D eigenvalue weighted by molar-refractivity contribution is 7.24. The van der Waals surface area contributed by atoms with Gasteiger partial charge in [-0.3, -0.25) is 0 Å². The van der Waals surface area contributed by atoms with E-state index in [0.29, 0.717) is 13.0 Å². The molecular weight excluding hydrogens is 113 g/mol. The molecule has 1 atom stereocenters. The number of hydrogen-bond acceptors (Lipinski definition) is 3. The van der Waals surface area contributed by atoms with Crippen molar-refractivity contribution in [1.82, 2.24) is 0 Å². The summed E-state index contributed by atoms with van der Waals surface area (Å²) in [6, 6.07) is 0. The van der Waals surface area contributed by atoms with Gasteiger partial charge in [0.05, 0.1) is 6.61 Å². The minimum atomic E-state index is -0.436. The van der Waals surface area contributed by atoms with Gasteiger partial charge in [0, 0.05) is 6.42 Å². The second kappa shape index (κ2) is 6.02. The van der Waals surface area contributed by atoms with Crippen LogP contribution in [-0.2, 0) is 4.52 Å². The highest BCUT2D eigenvalue weighted by Gasteiger charge is 1.77. The Morgan fingerprint density at radius 3 is 3.00 bits per heavy atom. The quantitative estimate of drug-likeness (QED) is 0.324. The van der Waals surface area contributed by atoms with Crippen molar-refractivity contribution < 1.29 is 9.42 Å². The van der Waals surface area contributed by atoms with Gasteiger partial charge in [0.15, 0.2) is 9.03 Å². The van der Waals surface area contributed by atoms with E-state index in [9.17, 15) is 0 Å². The van der Waals surface area contributed by atoms with E-state index < -0.39 is 9.03 Å². The van der Waals surface area contributed by atoms with Crippen LogP contribution < -0.4 is 0 Å². The van der Waals surface area contributed by atoms with Gasteiger partial charge in [0.2, 0.25) is 0 Å². The average molecular weight is 121 g/mol. The van der Waals surface area contributed by atoms with Gasteiger partial charge in [-0.2, -0.15) is 0 Å². The average Bonchev–Trinajstić information content (AvgIpc) is 1.69. The summed E-state index contributed by atoms with van der Waals surface area (Å²) in [5, 5.41) is 6.50. The normalized spacial score (nSPS) is 10.4. The zero-order valence-corrected chi connectivity index (χ0v) is 4.85. The highest BCUT2D eigenvalue weighted by Crippen LogP contribution is 2.01.